The summed E-state index contributed by atoms with van der Waals surface area (Å²) in [7, 11) is 5.58. The summed E-state index contributed by atoms with van der Waals surface area (Å²) in [6.45, 7) is 3.84. The maximum Gasteiger partial charge on any atom is 0.124 e. The molecule has 11 heavy (non-hydrogen) atoms. The highest BCUT2D eigenvalue weighted by molar-refractivity contribution is 6.16. The van der Waals surface area contributed by atoms with Crippen molar-refractivity contribution in [3.05, 3.63) is 0 Å². The van der Waals surface area contributed by atoms with Crippen LogP contribution in [0.1, 0.15) is 26.2 Å². The van der Waals surface area contributed by atoms with Crippen LogP contribution in [0.4, 0.5) is 4.39 Å². The fourth-order valence-electron chi connectivity index (χ4n) is 2.32. The van der Waals surface area contributed by atoms with E-state index in [0.717, 1.165) is 25.9 Å². The Morgan fingerprint density at radius 3 is 2.45 bits per heavy atom. The summed E-state index contributed by atoms with van der Waals surface area (Å²) in [6.07, 6.45) is 2.42. The van der Waals surface area contributed by atoms with Gasteiger partial charge in [-0.05, 0) is 25.8 Å². The third-order valence-corrected chi connectivity index (χ3v) is 3.23. The van der Waals surface area contributed by atoms with E-state index in [1.54, 1.807) is 0 Å². The third kappa shape index (κ3) is 0.806. The summed E-state index contributed by atoms with van der Waals surface area (Å²) in [5, 5.41) is 0. The van der Waals surface area contributed by atoms with Gasteiger partial charge in [-0.1, -0.05) is 6.92 Å². The molecule has 0 aromatic carbocycles. The van der Waals surface area contributed by atoms with Crippen LogP contribution >= 0.6 is 0 Å². The molecule has 2 radical (unpaired) electrons. The SMILES string of the molecule is [B]C1(F)CCN(CC)C12CC2. The van der Waals surface area contributed by atoms with Crippen LogP contribution in [0.3, 0.4) is 0 Å². The first kappa shape index (κ1) is 7.60. The summed E-state index contributed by atoms with van der Waals surface area (Å²) >= 11 is 0. The van der Waals surface area contributed by atoms with Gasteiger partial charge < -0.3 is 0 Å². The zero-order valence-electron chi connectivity index (χ0n) is 6.94. The highest BCUT2D eigenvalue weighted by atomic mass is 19.1. The molecule has 0 bridgehead atoms. The van der Waals surface area contributed by atoms with Crippen molar-refractivity contribution in [3.63, 3.8) is 0 Å². The second kappa shape index (κ2) is 2.00. The minimum atomic E-state index is -1.40. The smallest absolute Gasteiger partial charge is 0.124 e. The molecule has 1 saturated carbocycles. The van der Waals surface area contributed by atoms with Crippen LogP contribution in [0.5, 0.6) is 0 Å². The Morgan fingerprint density at radius 2 is 2.09 bits per heavy atom. The molecular weight excluding hydrogens is 140 g/mol. The Balaban J connectivity index is 2.21. The van der Waals surface area contributed by atoms with E-state index in [1.807, 2.05) is 0 Å². The maximum atomic E-state index is 13.6. The van der Waals surface area contributed by atoms with E-state index in [2.05, 4.69) is 11.8 Å². The van der Waals surface area contributed by atoms with E-state index in [9.17, 15) is 4.39 Å². The summed E-state index contributed by atoms with van der Waals surface area (Å²) in [5.41, 5.74) is -1.65. The number of hydrogen-bond acceptors (Lipinski definition) is 1. The lowest BCUT2D eigenvalue weighted by Gasteiger charge is -2.29. The lowest BCUT2D eigenvalue weighted by molar-refractivity contribution is 0.149. The van der Waals surface area contributed by atoms with E-state index >= 15 is 0 Å². The van der Waals surface area contributed by atoms with E-state index in [4.69, 9.17) is 7.85 Å². The van der Waals surface area contributed by atoms with Gasteiger partial charge in [0, 0.05) is 12.1 Å². The number of halogens is 1. The van der Waals surface area contributed by atoms with Crippen LogP contribution in [0.2, 0.25) is 0 Å². The van der Waals surface area contributed by atoms with Crippen LogP contribution in [0.15, 0.2) is 0 Å². The molecule has 0 aromatic heterocycles. The number of alkyl halides is 1. The topological polar surface area (TPSA) is 3.24 Å². The molecule has 2 fully saturated rings. The normalized spacial score (nSPS) is 41.6. The van der Waals surface area contributed by atoms with E-state index < -0.39 is 5.57 Å². The Hall–Kier alpha value is -0.0451. The first-order chi connectivity index (χ1) is 5.12. The summed E-state index contributed by atoms with van der Waals surface area (Å²) < 4.78 is 13.6. The van der Waals surface area contributed by atoms with Gasteiger partial charge in [0.2, 0.25) is 0 Å². The van der Waals surface area contributed by atoms with Gasteiger partial charge in [-0.3, -0.25) is 9.29 Å². The van der Waals surface area contributed by atoms with Crippen LogP contribution in [0, 0.1) is 0 Å². The molecule has 1 spiro atoms. The largest absolute Gasteiger partial charge is 0.295 e. The van der Waals surface area contributed by atoms with Crippen molar-refractivity contribution in [2.75, 3.05) is 13.1 Å². The molecule has 1 unspecified atom stereocenters. The van der Waals surface area contributed by atoms with Crippen LogP contribution in [-0.2, 0) is 0 Å². The van der Waals surface area contributed by atoms with Crippen molar-refractivity contribution in [1.82, 2.24) is 4.90 Å². The molecule has 2 rings (SSSR count). The van der Waals surface area contributed by atoms with Crippen molar-refractivity contribution >= 4 is 7.85 Å². The Kier molecular flexibility index (Phi) is 1.38. The molecule has 1 heterocycles. The molecule has 60 valence electrons. The molecule has 1 aliphatic carbocycles. The maximum absolute atomic E-state index is 13.6. The van der Waals surface area contributed by atoms with Crippen LogP contribution in [-0.4, -0.2) is 36.9 Å². The summed E-state index contributed by atoms with van der Waals surface area (Å²) in [6, 6.07) is 0. The highest BCUT2D eigenvalue weighted by Gasteiger charge is 2.63. The zero-order chi connectivity index (χ0) is 8.11. The van der Waals surface area contributed by atoms with Gasteiger partial charge in [0.15, 0.2) is 0 Å². The number of likely N-dealkylation sites (tertiary alicyclic amines) is 1. The molecule has 2 aliphatic rings. The number of nitrogens with zero attached hydrogens (tertiary/aromatic N) is 1. The third-order valence-electron chi connectivity index (χ3n) is 3.23. The van der Waals surface area contributed by atoms with Gasteiger partial charge in [0.1, 0.15) is 7.85 Å². The zero-order valence-corrected chi connectivity index (χ0v) is 6.94. The first-order valence-electron chi connectivity index (χ1n) is 4.35. The molecule has 1 aliphatic heterocycles. The van der Waals surface area contributed by atoms with Gasteiger partial charge in [0.25, 0.3) is 0 Å². The van der Waals surface area contributed by atoms with Crippen molar-refractivity contribution in [2.24, 2.45) is 0 Å². The van der Waals surface area contributed by atoms with Crippen molar-refractivity contribution in [2.45, 2.75) is 37.3 Å². The quantitative estimate of drug-likeness (QED) is 0.509. The fraction of sp³-hybridized carbons (Fsp3) is 1.00. The van der Waals surface area contributed by atoms with Gasteiger partial charge in [-0.2, -0.15) is 0 Å². The van der Waals surface area contributed by atoms with Crippen molar-refractivity contribution in [1.29, 1.82) is 0 Å². The van der Waals surface area contributed by atoms with Crippen molar-refractivity contribution < 1.29 is 4.39 Å². The monoisotopic (exact) mass is 153 g/mol. The second-order valence-corrected chi connectivity index (χ2v) is 3.72. The van der Waals surface area contributed by atoms with Crippen molar-refractivity contribution in [3.8, 4) is 0 Å². The molecule has 0 amide bonds. The van der Waals surface area contributed by atoms with E-state index in [1.165, 1.54) is 0 Å². The average Bonchev–Trinajstić information content (AvgIpc) is 2.65. The minimum absolute atomic E-state index is 0.248. The number of rotatable bonds is 1. The molecule has 1 saturated heterocycles. The Morgan fingerprint density at radius 1 is 1.45 bits per heavy atom. The molecule has 1 atom stereocenters. The highest BCUT2D eigenvalue weighted by Crippen LogP contribution is 2.55. The average molecular weight is 153 g/mol. The van der Waals surface area contributed by atoms with Crippen LogP contribution < -0.4 is 0 Å². The lowest BCUT2D eigenvalue weighted by Crippen LogP contribution is -2.44. The standard InChI is InChI=1S/C8H13BFN/c1-2-11-6-5-8(9,10)7(11)3-4-7/h2-6H2,1H3. The predicted molar refractivity (Wildman–Crippen MR) is 43.4 cm³/mol. The number of hydrogen-bond donors (Lipinski definition) is 0. The lowest BCUT2D eigenvalue weighted by atomic mass is 9.75. The van der Waals surface area contributed by atoms with Gasteiger partial charge in [0.05, 0.1) is 5.57 Å². The summed E-state index contributed by atoms with van der Waals surface area (Å²) in [5.74, 6) is 0. The minimum Gasteiger partial charge on any atom is -0.295 e. The van der Waals surface area contributed by atoms with E-state index in [0.29, 0.717) is 6.42 Å². The van der Waals surface area contributed by atoms with Gasteiger partial charge in [-0.15, -0.1) is 0 Å². The second-order valence-electron chi connectivity index (χ2n) is 3.72. The molecule has 3 heteroatoms. The Bertz CT molecular complexity index is 177. The van der Waals surface area contributed by atoms with Crippen LogP contribution in [0.25, 0.3) is 0 Å². The molecule has 0 N–H and O–H groups in total. The molecule has 0 aromatic rings. The predicted octanol–water partition coefficient (Wildman–Crippen LogP) is 1.08. The summed E-state index contributed by atoms with van der Waals surface area (Å²) in [4.78, 5) is 2.19. The molecular formula is C8H13BFN. The fourth-order valence-corrected chi connectivity index (χ4v) is 2.32. The van der Waals surface area contributed by atoms with Gasteiger partial charge >= 0.3 is 0 Å². The van der Waals surface area contributed by atoms with Gasteiger partial charge in [-0.25, -0.2) is 0 Å². The molecule has 1 nitrogen and oxygen atoms in total. The van der Waals surface area contributed by atoms with E-state index in [-0.39, 0.29) is 5.54 Å². The first-order valence-corrected chi connectivity index (χ1v) is 4.35. The Labute approximate surface area is 68.4 Å².